The predicted octanol–water partition coefficient (Wildman–Crippen LogP) is 3.37. The lowest BCUT2D eigenvalue weighted by Gasteiger charge is -2.26. The van der Waals surface area contributed by atoms with E-state index in [2.05, 4.69) is 22.3 Å². The Labute approximate surface area is 165 Å². The summed E-state index contributed by atoms with van der Waals surface area (Å²) in [7, 11) is 0. The molecular formula is C21H25ClN2O3. The van der Waals surface area contributed by atoms with E-state index in [0.29, 0.717) is 11.6 Å². The molecule has 5 nitrogen and oxygen atoms in total. The van der Waals surface area contributed by atoms with Crippen LogP contribution in [0.5, 0.6) is 0 Å². The Morgan fingerprint density at radius 1 is 1.11 bits per heavy atom. The zero-order valence-electron chi connectivity index (χ0n) is 15.3. The molecule has 0 aromatic heterocycles. The van der Waals surface area contributed by atoms with Crippen LogP contribution in [-0.2, 0) is 27.3 Å². The smallest absolute Gasteiger partial charge is 0.250 e. The van der Waals surface area contributed by atoms with Crippen LogP contribution in [0.25, 0.3) is 0 Å². The van der Waals surface area contributed by atoms with E-state index >= 15 is 0 Å². The first-order valence-corrected chi connectivity index (χ1v) is 9.58. The number of rotatable bonds is 8. The SMILES string of the molecule is O=C(COCc1ccccc1Cl)Nc1ccc(CCN2CCOCC2)cc1. The first-order valence-electron chi connectivity index (χ1n) is 9.21. The van der Waals surface area contributed by atoms with E-state index in [1.165, 1.54) is 5.56 Å². The number of amides is 1. The fraction of sp³-hybridized carbons (Fsp3) is 0.381. The van der Waals surface area contributed by atoms with Crippen LogP contribution >= 0.6 is 11.6 Å². The number of halogens is 1. The fourth-order valence-electron chi connectivity index (χ4n) is 2.93. The van der Waals surface area contributed by atoms with Crippen molar-refractivity contribution in [1.29, 1.82) is 0 Å². The second kappa shape index (κ2) is 10.4. The summed E-state index contributed by atoms with van der Waals surface area (Å²) in [5.41, 5.74) is 2.91. The molecule has 1 amide bonds. The highest BCUT2D eigenvalue weighted by atomic mass is 35.5. The van der Waals surface area contributed by atoms with Crippen LogP contribution in [0.15, 0.2) is 48.5 Å². The van der Waals surface area contributed by atoms with E-state index in [1.807, 2.05) is 30.3 Å². The molecule has 1 fully saturated rings. The topological polar surface area (TPSA) is 50.8 Å². The Hall–Kier alpha value is -1.92. The summed E-state index contributed by atoms with van der Waals surface area (Å²) in [6.45, 7) is 4.99. The maximum absolute atomic E-state index is 12.0. The van der Waals surface area contributed by atoms with Crippen LogP contribution in [0.4, 0.5) is 5.69 Å². The van der Waals surface area contributed by atoms with Gasteiger partial charge in [-0.2, -0.15) is 0 Å². The molecule has 0 aliphatic carbocycles. The Balaban J connectivity index is 1.38. The number of carbonyl (C=O) groups excluding carboxylic acids is 1. The Morgan fingerprint density at radius 3 is 2.59 bits per heavy atom. The van der Waals surface area contributed by atoms with Crippen molar-refractivity contribution < 1.29 is 14.3 Å². The van der Waals surface area contributed by atoms with Crippen LogP contribution in [0.3, 0.4) is 0 Å². The summed E-state index contributed by atoms with van der Waals surface area (Å²) in [5.74, 6) is -0.178. The monoisotopic (exact) mass is 388 g/mol. The minimum absolute atomic E-state index is 0.00992. The molecule has 2 aromatic carbocycles. The zero-order valence-corrected chi connectivity index (χ0v) is 16.1. The third kappa shape index (κ3) is 6.63. The fourth-order valence-corrected chi connectivity index (χ4v) is 3.12. The molecule has 0 radical (unpaired) electrons. The lowest BCUT2D eigenvalue weighted by atomic mass is 10.1. The molecule has 144 valence electrons. The summed E-state index contributed by atoms with van der Waals surface area (Å²) in [4.78, 5) is 14.4. The van der Waals surface area contributed by atoms with Gasteiger partial charge < -0.3 is 14.8 Å². The number of hydrogen-bond acceptors (Lipinski definition) is 4. The molecule has 1 saturated heterocycles. The summed E-state index contributed by atoms with van der Waals surface area (Å²) in [6, 6.07) is 15.4. The molecule has 0 saturated carbocycles. The first-order chi connectivity index (χ1) is 13.2. The molecule has 0 bridgehead atoms. The van der Waals surface area contributed by atoms with Crippen molar-refractivity contribution in [3.8, 4) is 0 Å². The maximum Gasteiger partial charge on any atom is 0.250 e. The number of carbonyl (C=O) groups is 1. The maximum atomic E-state index is 12.0. The average Bonchev–Trinajstić information content (AvgIpc) is 2.70. The van der Waals surface area contributed by atoms with E-state index in [0.717, 1.165) is 50.5 Å². The van der Waals surface area contributed by atoms with Crippen LogP contribution in [0.2, 0.25) is 5.02 Å². The highest BCUT2D eigenvalue weighted by Gasteiger charge is 2.10. The lowest BCUT2D eigenvalue weighted by molar-refractivity contribution is -0.121. The van der Waals surface area contributed by atoms with E-state index in [4.69, 9.17) is 21.1 Å². The average molecular weight is 389 g/mol. The van der Waals surface area contributed by atoms with Crippen molar-refractivity contribution in [2.24, 2.45) is 0 Å². The van der Waals surface area contributed by atoms with Gasteiger partial charge in [-0.15, -0.1) is 0 Å². The lowest BCUT2D eigenvalue weighted by Crippen LogP contribution is -2.37. The zero-order chi connectivity index (χ0) is 18.9. The van der Waals surface area contributed by atoms with Crippen LogP contribution < -0.4 is 5.32 Å². The molecule has 0 atom stereocenters. The van der Waals surface area contributed by atoms with Crippen LogP contribution in [0, 0.1) is 0 Å². The summed E-state index contributed by atoms with van der Waals surface area (Å²) in [6.07, 6.45) is 0.995. The first kappa shape index (κ1) is 19.8. The number of anilines is 1. The predicted molar refractivity (Wildman–Crippen MR) is 107 cm³/mol. The van der Waals surface area contributed by atoms with Gasteiger partial charge in [0.25, 0.3) is 0 Å². The summed E-state index contributed by atoms with van der Waals surface area (Å²) >= 11 is 6.07. The van der Waals surface area contributed by atoms with Gasteiger partial charge >= 0.3 is 0 Å². The number of nitrogens with one attached hydrogen (secondary N) is 1. The standard InChI is InChI=1S/C21H25ClN2O3/c22-20-4-2-1-3-18(20)15-27-16-21(25)23-19-7-5-17(6-8-19)9-10-24-11-13-26-14-12-24/h1-8H,9-16H2,(H,23,25). The van der Waals surface area contributed by atoms with Crippen molar-refractivity contribution in [2.45, 2.75) is 13.0 Å². The van der Waals surface area contributed by atoms with Gasteiger partial charge in [0.05, 0.1) is 19.8 Å². The largest absolute Gasteiger partial charge is 0.379 e. The van der Waals surface area contributed by atoms with E-state index in [1.54, 1.807) is 6.07 Å². The van der Waals surface area contributed by atoms with E-state index < -0.39 is 0 Å². The van der Waals surface area contributed by atoms with Crippen molar-refractivity contribution in [1.82, 2.24) is 4.90 Å². The number of nitrogens with zero attached hydrogens (tertiary/aromatic N) is 1. The molecule has 27 heavy (non-hydrogen) atoms. The molecule has 1 aliphatic heterocycles. The van der Waals surface area contributed by atoms with Crippen molar-refractivity contribution in [3.05, 3.63) is 64.7 Å². The quantitative estimate of drug-likeness (QED) is 0.753. The molecule has 0 spiro atoms. The molecule has 2 aromatic rings. The van der Waals surface area contributed by atoms with E-state index in [9.17, 15) is 4.79 Å². The third-order valence-corrected chi connectivity index (χ3v) is 4.88. The van der Waals surface area contributed by atoms with Gasteiger partial charge in [0.1, 0.15) is 6.61 Å². The Morgan fingerprint density at radius 2 is 1.85 bits per heavy atom. The number of hydrogen-bond donors (Lipinski definition) is 1. The van der Waals surface area contributed by atoms with E-state index in [-0.39, 0.29) is 12.5 Å². The third-order valence-electron chi connectivity index (χ3n) is 4.51. The number of morpholine rings is 1. The van der Waals surface area contributed by atoms with Gasteiger partial charge in [-0.1, -0.05) is 41.9 Å². The molecular weight excluding hydrogens is 364 g/mol. The van der Waals surface area contributed by atoms with Crippen molar-refractivity contribution >= 4 is 23.2 Å². The molecule has 6 heteroatoms. The van der Waals surface area contributed by atoms with Crippen molar-refractivity contribution in [3.63, 3.8) is 0 Å². The second-order valence-electron chi connectivity index (χ2n) is 6.53. The summed E-state index contributed by atoms with van der Waals surface area (Å²) < 4.78 is 10.8. The molecule has 1 heterocycles. The van der Waals surface area contributed by atoms with Gasteiger partial charge in [-0.05, 0) is 35.7 Å². The molecule has 0 unspecified atom stereocenters. The minimum Gasteiger partial charge on any atom is -0.379 e. The highest BCUT2D eigenvalue weighted by Crippen LogP contribution is 2.16. The van der Waals surface area contributed by atoms with Gasteiger partial charge in [0.15, 0.2) is 0 Å². The van der Waals surface area contributed by atoms with Gasteiger partial charge in [-0.25, -0.2) is 0 Å². The Bertz CT molecular complexity index is 730. The number of benzene rings is 2. The van der Waals surface area contributed by atoms with Crippen LogP contribution in [0.1, 0.15) is 11.1 Å². The number of ether oxygens (including phenoxy) is 2. The van der Waals surface area contributed by atoms with Gasteiger partial charge in [-0.3, -0.25) is 9.69 Å². The molecule has 3 rings (SSSR count). The highest BCUT2D eigenvalue weighted by molar-refractivity contribution is 6.31. The minimum atomic E-state index is -0.178. The van der Waals surface area contributed by atoms with Crippen molar-refractivity contribution in [2.75, 3.05) is 44.8 Å². The van der Waals surface area contributed by atoms with Gasteiger partial charge in [0.2, 0.25) is 5.91 Å². The normalized spacial score (nSPS) is 14.9. The van der Waals surface area contributed by atoms with Gasteiger partial charge in [0, 0.05) is 30.3 Å². The summed E-state index contributed by atoms with van der Waals surface area (Å²) in [5, 5.41) is 3.50. The molecule has 1 N–H and O–H groups in total. The Kier molecular flexibility index (Phi) is 7.66. The second-order valence-corrected chi connectivity index (χ2v) is 6.94. The molecule has 1 aliphatic rings. The van der Waals surface area contributed by atoms with Crippen LogP contribution in [-0.4, -0.2) is 50.3 Å².